The Morgan fingerprint density at radius 2 is 2.10 bits per heavy atom. The first kappa shape index (κ1) is 15.5. The average molecular weight is 295 g/mol. The molecule has 1 aliphatic rings. The van der Waals surface area contributed by atoms with Crippen LogP contribution in [0.4, 0.5) is 4.39 Å². The molecule has 0 bridgehead atoms. The summed E-state index contributed by atoms with van der Waals surface area (Å²) in [5, 5.41) is 31.3. The Bertz CT molecular complexity index is 515. The second-order valence-electron chi connectivity index (χ2n) is 5.01. The van der Waals surface area contributed by atoms with Gasteiger partial charge in [0.15, 0.2) is 0 Å². The number of ether oxygens (including phenoxy) is 1. The maximum atomic E-state index is 12.7. The molecular weight excluding hydrogens is 277 g/mol. The zero-order valence-corrected chi connectivity index (χ0v) is 11.4. The summed E-state index contributed by atoms with van der Waals surface area (Å²) < 4.78 is 18.0. The second-order valence-corrected chi connectivity index (χ2v) is 5.01. The van der Waals surface area contributed by atoms with Crippen molar-refractivity contribution in [1.29, 1.82) is 0 Å². The molecule has 2 rings (SSSR count). The summed E-state index contributed by atoms with van der Waals surface area (Å²) in [6.45, 7) is 0.0308. The van der Waals surface area contributed by atoms with Gasteiger partial charge in [0, 0.05) is 12.3 Å². The quantitative estimate of drug-likeness (QED) is 0.439. The highest BCUT2D eigenvalue weighted by Crippen LogP contribution is 2.24. The van der Waals surface area contributed by atoms with Gasteiger partial charge in [-0.05, 0) is 30.7 Å². The van der Waals surface area contributed by atoms with Crippen LogP contribution in [-0.4, -0.2) is 39.9 Å². The molecule has 1 aliphatic carbocycles. The maximum Gasteiger partial charge on any atom is 0.123 e. The first-order valence-electron chi connectivity index (χ1n) is 6.72. The third-order valence-corrected chi connectivity index (χ3v) is 3.33. The van der Waals surface area contributed by atoms with Crippen LogP contribution >= 0.6 is 0 Å². The van der Waals surface area contributed by atoms with E-state index in [4.69, 9.17) is 9.94 Å². The third kappa shape index (κ3) is 4.54. The van der Waals surface area contributed by atoms with Crippen LogP contribution in [0.1, 0.15) is 12.8 Å². The van der Waals surface area contributed by atoms with Crippen molar-refractivity contribution < 1.29 is 24.5 Å². The highest BCUT2D eigenvalue weighted by Gasteiger charge is 2.28. The predicted molar refractivity (Wildman–Crippen MR) is 75.0 cm³/mol. The van der Waals surface area contributed by atoms with Crippen molar-refractivity contribution in [1.82, 2.24) is 0 Å². The Balaban J connectivity index is 1.82. The van der Waals surface area contributed by atoms with E-state index in [0.29, 0.717) is 24.3 Å². The highest BCUT2D eigenvalue weighted by atomic mass is 19.1. The number of oxime groups is 1. The molecule has 1 aromatic carbocycles. The normalized spacial score (nSPS) is 25.6. The summed E-state index contributed by atoms with van der Waals surface area (Å²) in [4.78, 5) is 0. The zero-order valence-electron chi connectivity index (χ0n) is 11.4. The van der Waals surface area contributed by atoms with E-state index >= 15 is 0 Å². The van der Waals surface area contributed by atoms with Crippen molar-refractivity contribution in [2.24, 2.45) is 11.1 Å². The fraction of sp³-hybridized carbons (Fsp3) is 0.400. The second kappa shape index (κ2) is 7.19. The lowest BCUT2D eigenvalue weighted by Gasteiger charge is -2.10. The van der Waals surface area contributed by atoms with E-state index in [-0.39, 0.29) is 18.3 Å². The minimum absolute atomic E-state index is 0.0308. The summed E-state index contributed by atoms with van der Waals surface area (Å²) in [6.07, 6.45) is 2.70. The minimum Gasteiger partial charge on any atom is -0.491 e. The van der Waals surface area contributed by atoms with Crippen molar-refractivity contribution in [3.63, 3.8) is 0 Å². The monoisotopic (exact) mass is 295 g/mol. The van der Waals surface area contributed by atoms with Crippen molar-refractivity contribution in [2.75, 3.05) is 6.61 Å². The maximum absolute atomic E-state index is 12.7. The fourth-order valence-electron chi connectivity index (χ4n) is 2.24. The molecule has 0 amide bonds. The van der Waals surface area contributed by atoms with E-state index < -0.39 is 12.2 Å². The van der Waals surface area contributed by atoms with E-state index in [0.717, 1.165) is 0 Å². The lowest BCUT2D eigenvalue weighted by atomic mass is 10.1. The van der Waals surface area contributed by atoms with Crippen LogP contribution in [-0.2, 0) is 0 Å². The largest absolute Gasteiger partial charge is 0.491 e. The Morgan fingerprint density at radius 1 is 1.38 bits per heavy atom. The molecule has 114 valence electrons. The number of nitrogens with zero attached hydrogens (tertiary/aromatic N) is 1. The summed E-state index contributed by atoms with van der Waals surface area (Å²) in [5.41, 5.74) is 0.505. The van der Waals surface area contributed by atoms with Crippen LogP contribution in [0.3, 0.4) is 0 Å². The van der Waals surface area contributed by atoms with Gasteiger partial charge in [0.2, 0.25) is 0 Å². The molecule has 3 N–H and O–H groups in total. The Labute approximate surface area is 122 Å². The van der Waals surface area contributed by atoms with Gasteiger partial charge < -0.3 is 20.2 Å². The molecule has 0 saturated heterocycles. The van der Waals surface area contributed by atoms with Crippen LogP contribution in [0.25, 0.3) is 0 Å². The van der Waals surface area contributed by atoms with Crippen molar-refractivity contribution in [2.45, 2.75) is 25.0 Å². The molecule has 1 unspecified atom stereocenters. The van der Waals surface area contributed by atoms with Gasteiger partial charge >= 0.3 is 0 Å². The smallest absolute Gasteiger partial charge is 0.123 e. The number of hydrogen-bond acceptors (Lipinski definition) is 5. The number of benzene rings is 1. The molecule has 21 heavy (non-hydrogen) atoms. The topological polar surface area (TPSA) is 82.3 Å². The molecule has 0 heterocycles. The van der Waals surface area contributed by atoms with Crippen LogP contribution in [0.5, 0.6) is 5.75 Å². The molecule has 0 radical (unpaired) electrons. The molecule has 1 aromatic rings. The molecule has 0 spiro atoms. The predicted octanol–water partition coefficient (Wildman–Crippen LogP) is 1.72. The summed E-state index contributed by atoms with van der Waals surface area (Å²) in [5.74, 6) is -0.0541. The minimum atomic E-state index is -0.840. The Hall–Kier alpha value is -1.92. The van der Waals surface area contributed by atoms with E-state index in [9.17, 15) is 14.6 Å². The molecule has 1 fully saturated rings. The average Bonchev–Trinajstić information content (AvgIpc) is 2.84. The summed E-state index contributed by atoms with van der Waals surface area (Å²) in [7, 11) is 0. The zero-order chi connectivity index (χ0) is 15.2. The van der Waals surface area contributed by atoms with Gasteiger partial charge in [-0.15, -0.1) is 0 Å². The van der Waals surface area contributed by atoms with Gasteiger partial charge in [-0.1, -0.05) is 17.3 Å². The van der Waals surface area contributed by atoms with Crippen LogP contribution in [0, 0.1) is 11.7 Å². The number of aliphatic hydroxyl groups is 2. The first-order chi connectivity index (χ1) is 10.1. The molecule has 0 aromatic heterocycles. The van der Waals surface area contributed by atoms with Crippen LogP contribution < -0.4 is 4.74 Å². The molecule has 6 heteroatoms. The number of hydrogen-bond donors (Lipinski definition) is 3. The lowest BCUT2D eigenvalue weighted by molar-refractivity contribution is 0.144. The van der Waals surface area contributed by atoms with Gasteiger partial charge in [-0.2, -0.15) is 0 Å². The SMILES string of the molecule is O/N=C1/C[C@H](O)CC1/C=C/[C@@H](O)COc1ccc(F)cc1. The number of aliphatic hydroxyl groups excluding tert-OH is 2. The highest BCUT2D eigenvalue weighted by molar-refractivity contribution is 5.90. The molecule has 1 saturated carbocycles. The molecule has 5 nitrogen and oxygen atoms in total. The Morgan fingerprint density at radius 3 is 2.76 bits per heavy atom. The number of allylic oxidation sites excluding steroid dienone is 1. The Kier molecular flexibility index (Phi) is 5.30. The molecule has 3 atom stereocenters. The summed E-state index contributed by atoms with van der Waals surface area (Å²) >= 11 is 0. The first-order valence-corrected chi connectivity index (χ1v) is 6.72. The lowest BCUT2D eigenvalue weighted by Crippen LogP contribution is -2.15. The molecule has 0 aliphatic heterocycles. The molecular formula is C15H18FNO4. The van der Waals surface area contributed by atoms with E-state index in [1.807, 2.05) is 0 Å². The number of halogens is 1. The standard InChI is InChI=1S/C15H18FNO4/c16-11-2-5-14(6-3-11)21-9-12(18)4-1-10-7-13(19)8-15(10)17-20/h1-6,10,12-13,18-20H,7-9H2/b4-1+,17-15-/t10?,12-,13-/m1/s1. The van der Waals surface area contributed by atoms with Crippen LogP contribution in [0.2, 0.25) is 0 Å². The van der Waals surface area contributed by atoms with E-state index in [1.54, 1.807) is 6.08 Å². The van der Waals surface area contributed by atoms with Crippen molar-refractivity contribution in [3.8, 4) is 5.75 Å². The van der Waals surface area contributed by atoms with Gasteiger partial charge in [-0.3, -0.25) is 0 Å². The van der Waals surface area contributed by atoms with Crippen LogP contribution in [0.15, 0.2) is 41.6 Å². The van der Waals surface area contributed by atoms with Crippen molar-refractivity contribution in [3.05, 3.63) is 42.2 Å². The van der Waals surface area contributed by atoms with Crippen molar-refractivity contribution >= 4 is 5.71 Å². The summed E-state index contributed by atoms with van der Waals surface area (Å²) in [6, 6.07) is 5.52. The van der Waals surface area contributed by atoms with Gasteiger partial charge in [0.05, 0.1) is 11.8 Å². The van der Waals surface area contributed by atoms with Gasteiger partial charge in [0.25, 0.3) is 0 Å². The fourth-order valence-corrected chi connectivity index (χ4v) is 2.24. The van der Waals surface area contributed by atoms with E-state index in [1.165, 1.54) is 30.3 Å². The number of rotatable bonds is 5. The van der Waals surface area contributed by atoms with E-state index in [2.05, 4.69) is 5.16 Å². The van der Waals surface area contributed by atoms with Gasteiger partial charge in [0.1, 0.15) is 24.3 Å². The third-order valence-electron chi connectivity index (χ3n) is 3.33. The van der Waals surface area contributed by atoms with Gasteiger partial charge in [-0.25, -0.2) is 4.39 Å².